The molecule has 0 saturated carbocycles. The predicted octanol–water partition coefficient (Wildman–Crippen LogP) is -1.88. The van der Waals surface area contributed by atoms with E-state index in [9.17, 15) is 0 Å². The summed E-state index contributed by atoms with van der Waals surface area (Å²) < 4.78 is 0. The van der Waals surface area contributed by atoms with Gasteiger partial charge >= 0.3 is 0 Å². The Labute approximate surface area is 85.1 Å². The van der Waals surface area contributed by atoms with Crippen molar-refractivity contribution >= 4 is 31.6 Å². The van der Waals surface area contributed by atoms with Crippen molar-refractivity contribution in [2.24, 2.45) is 0 Å². The molecule has 0 aliphatic heterocycles. The fraction of sp³-hybridized carbons (Fsp3) is 0. The van der Waals surface area contributed by atoms with Crippen LogP contribution >= 0.6 is 0 Å². The predicted molar refractivity (Wildman–Crippen MR) is 63.1 cm³/mol. The number of hydrogen-bond acceptors (Lipinski definition) is 2. The van der Waals surface area contributed by atoms with Crippen LogP contribution in [-0.4, -0.2) is 25.1 Å². The Kier molecular flexibility index (Phi) is 2.63. The molecule has 0 N–H and O–H groups in total. The summed E-state index contributed by atoms with van der Waals surface area (Å²) >= 11 is 0. The quantitative estimate of drug-likeness (QED) is 0.505. The Hall–Kier alpha value is -1.57. The van der Waals surface area contributed by atoms with Gasteiger partial charge in [-0.3, -0.25) is 9.97 Å². The highest BCUT2D eigenvalue weighted by atomic mass is 14.6. The van der Waals surface area contributed by atoms with Crippen molar-refractivity contribution in [1.82, 2.24) is 9.97 Å². The molecule has 0 saturated heterocycles. The lowest BCUT2D eigenvalue weighted by Crippen LogP contribution is -2.30. The molecule has 2 aromatic heterocycles. The topological polar surface area (TPSA) is 25.8 Å². The van der Waals surface area contributed by atoms with Crippen LogP contribution in [0.5, 0.6) is 0 Å². The number of pyridine rings is 2. The summed E-state index contributed by atoms with van der Waals surface area (Å²) in [6.45, 7) is 0. The second-order valence-electron chi connectivity index (χ2n) is 3.36. The minimum atomic E-state index is 0.878. The number of nitrogens with zero attached hydrogens (tertiary/aromatic N) is 2. The summed E-state index contributed by atoms with van der Waals surface area (Å²) in [6.07, 6.45) is 5.52. The Morgan fingerprint density at radius 3 is 2.50 bits per heavy atom. The molecule has 0 bridgehead atoms. The lowest BCUT2D eigenvalue weighted by Gasteiger charge is -1.99. The molecule has 4 heteroatoms. The van der Waals surface area contributed by atoms with Crippen molar-refractivity contribution in [3.8, 4) is 0 Å². The van der Waals surface area contributed by atoms with E-state index in [1.807, 2.05) is 38.6 Å². The molecule has 2 heterocycles. The standard InChI is InChI=1S/C10H10B2N2/c11-8-1-2-10(14-7-8)12-9-3-5-13-6-4-9/h1-7,12H,11H2. The summed E-state index contributed by atoms with van der Waals surface area (Å²) in [5.41, 5.74) is 3.54. The molecule has 0 atom stereocenters. The van der Waals surface area contributed by atoms with Gasteiger partial charge < -0.3 is 0 Å². The monoisotopic (exact) mass is 180 g/mol. The summed E-state index contributed by atoms with van der Waals surface area (Å²) in [5, 5.41) is 0. The van der Waals surface area contributed by atoms with Crippen LogP contribution in [0, 0.1) is 0 Å². The molecule has 0 spiro atoms. The van der Waals surface area contributed by atoms with E-state index in [4.69, 9.17) is 0 Å². The first-order valence-corrected chi connectivity index (χ1v) is 4.65. The zero-order valence-electron chi connectivity index (χ0n) is 8.14. The van der Waals surface area contributed by atoms with Crippen molar-refractivity contribution in [3.63, 3.8) is 0 Å². The van der Waals surface area contributed by atoms with E-state index in [1.54, 1.807) is 0 Å². The smallest absolute Gasteiger partial charge is 0.216 e. The van der Waals surface area contributed by atoms with E-state index in [0.29, 0.717) is 0 Å². The number of rotatable bonds is 2. The summed E-state index contributed by atoms with van der Waals surface area (Å²) in [4.78, 5) is 8.33. The second kappa shape index (κ2) is 4.09. The zero-order chi connectivity index (χ0) is 9.80. The Bertz CT molecular complexity index is 400. The average Bonchev–Trinajstić information content (AvgIpc) is 2.23. The minimum Gasteiger partial charge on any atom is -0.272 e. The van der Waals surface area contributed by atoms with E-state index in [0.717, 1.165) is 12.9 Å². The molecule has 0 aromatic carbocycles. The van der Waals surface area contributed by atoms with E-state index in [-0.39, 0.29) is 0 Å². The van der Waals surface area contributed by atoms with Gasteiger partial charge in [0.2, 0.25) is 7.28 Å². The second-order valence-corrected chi connectivity index (χ2v) is 3.36. The van der Waals surface area contributed by atoms with Gasteiger partial charge in [0, 0.05) is 24.2 Å². The molecule has 2 nitrogen and oxygen atoms in total. The minimum absolute atomic E-state index is 0.878. The average molecular weight is 180 g/mol. The first-order valence-electron chi connectivity index (χ1n) is 4.65. The van der Waals surface area contributed by atoms with Crippen LogP contribution in [0.2, 0.25) is 0 Å². The van der Waals surface area contributed by atoms with Crippen molar-refractivity contribution in [2.75, 3.05) is 0 Å². The van der Waals surface area contributed by atoms with Crippen LogP contribution in [0.15, 0.2) is 42.9 Å². The highest BCUT2D eigenvalue weighted by Gasteiger charge is 1.98. The van der Waals surface area contributed by atoms with E-state index in [1.165, 1.54) is 10.9 Å². The highest BCUT2D eigenvalue weighted by Crippen LogP contribution is 1.77. The van der Waals surface area contributed by atoms with E-state index in [2.05, 4.69) is 22.1 Å². The maximum atomic E-state index is 4.35. The molecular formula is C10H10B2N2. The third-order valence-corrected chi connectivity index (χ3v) is 2.11. The molecule has 66 valence electrons. The van der Waals surface area contributed by atoms with Crippen molar-refractivity contribution in [2.45, 2.75) is 0 Å². The third kappa shape index (κ3) is 2.22. The fourth-order valence-corrected chi connectivity index (χ4v) is 1.31. The normalized spacial score (nSPS) is 9.71. The molecule has 0 amide bonds. The van der Waals surface area contributed by atoms with Crippen molar-refractivity contribution < 1.29 is 0 Å². The molecule has 0 aliphatic rings. The lowest BCUT2D eigenvalue weighted by atomic mass is 9.67. The molecule has 2 aromatic rings. The summed E-state index contributed by atoms with van der Waals surface area (Å²) in [5.74, 6) is 0. The van der Waals surface area contributed by atoms with Crippen LogP contribution in [0.1, 0.15) is 0 Å². The van der Waals surface area contributed by atoms with E-state index < -0.39 is 0 Å². The molecule has 0 radical (unpaired) electrons. The van der Waals surface area contributed by atoms with Crippen LogP contribution in [0.25, 0.3) is 0 Å². The first kappa shape index (κ1) is 9.00. The van der Waals surface area contributed by atoms with Gasteiger partial charge in [0.1, 0.15) is 7.85 Å². The highest BCUT2D eigenvalue weighted by molar-refractivity contribution is 6.66. The summed E-state index contributed by atoms with van der Waals surface area (Å²) in [7, 11) is 2.92. The van der Waals surface area contributed by atoms with Crippen LogP contribution in [0.4, 0.5) is 0 Å². The molecule has 0 aliphatic carbocycles. The Morgan fingerprint density at radius 1 is 1.07 bits per heavy atom. The van der Waals surface area contributed by atoms with Crippen molar-refractivity contribution in [1.29, 1.82) is 0 Å². The van der Waals surface area contributed by atoms with Gasteiger partial charge in [-0.1, -0.05) is 23.1 Å². The fourth-order valence-electron chi connectivity index (χ4n) is 1.31. The van der Waals surface area contributed by atoms with Crippen LogP contribution in [-0.2, 0) is 0 Å². The van der Waals surface area contributed by atoms with Gasteiger partial charge in [-0.2, -0.15) is 0 Å². The molecule has 2 rings (SSSR count). The van der Waals surface area contributed by atoms with E-state index >= 15 is 0 Å². The largest absolute Gasteiger partial charge is 0.272 e. The SMILES string of the molecule is Bc1ccc(Bc2ccncc2)nc1. The Morgan fingerprint density at radius 2 is 1.86 bits per heavy atom. The van der Waals surface area contributed by atoms with Gasteiger partial charge in [0.05, 0.1) is 0 Å². The molecule has 0 unspecified atom stereocenters. The van der Waals surface area contributed by atoms with Crippen molar-refractivity contribution in [3.05, 3.63) is 42.9 Å². The molecular weight excluding hydrogens is 170 g/mol. The first-order chi connectivity index (χ1) is 6.84. The van der Waals surface area contributed by atoms with Gasteiger partial charge in [-0.05, 0) is 12.1 Å². The molecule has 0 fully saturated rings. The van der Waals surface area contributed by atoms with Gasteiger partial charge in [-0.15, -0.1) is 0 Å². The lowest BCUT2D eigenvalue weighted by molar-refractivity contribution is 1.34. The van der Waals surface area contributed by atoms with Gasteiger partial charge in [0.15, 0.2) is 0 Å². The molecule has 14 heavy (non-hydrogen) atoms. The van der Waals surface area contributed by atoms with Gasteiger partial charge in [-0.25, -0.2) is 0 Å². The Balaban J connectivity index is 2.16. The number of hydrogen-bond donors (Lipinski definition) is 0. The van der Waals surface area contributed by atoms with Gasteiger partial charge in [0.25, 0.3) is 0 Å². The summed E-state index contributed by atoms with van der Waals surface area (Å²) in [6, 6.07) is 8.18. The zero-order valence-corrected chi connectivity index (χ0v) is 8.14. The maximum Gasteiger partial charge on any atom is 0.216 e. The maximum absolute atomic E-state index is 4.35. The van der Waals surface area contributed by atoms with Crippen LogP contribution < -0.4 is 16.5 Å². The third-order valence-electron chi connectivity index (χ3n) is 2.11. The number of aromatic nitrogens is 2. The van der Waals surface area contributed by atoms with Crippen LogP contribution in [0.3, 0.4) is 0 Å².